The van der Waals surface area contributed by atoms with E-state index in [9.17, 15) is 10.1 Å². The zero-order valence-corrected chi connectivity index (χ0v) is 11.1. The number of rotatable bonds is 7. The molecule has 0 fully saturated rings. The molecule has 1 unspecified atom stereocenters. The van der Waals surface area contributed by atoms with E-state index in [-0.39, 0.29) is 5.69 Å². The standard InChI is InChI=1S/C13H20N2O3/c1-4-14-8-10(2)9-18-13-6-5-12(15(16)17)7-11(13)3/h5-7,10,14H,4,8-9H2,1-3H3. The number of ether oxygens (including phenoxy) is 1. The third kappa shape index (κ3) is 4.33. The number of nitro groups is 1. The van der Waals surface area contributed by atoms with Gasteiger partial charge in [-0.05, 0) is 25.1 Å². The highest BCUT2D eigenvalue weighted by atomic mass is 16.6. The lowest BCUT2D eigenvalue weighted by molar-refractivity contribution is -0.384. The first kappa shape index (κ1) is 14.4. The Morgan fingerprint density at radius 1 is 1.50 bits per heavy atom. The largest absolute Gasteiger partial charge is 0.493 e. The number of benzene rings is 1. The fraction of sp³-hybridized carbons (Fsp3) is 0.538. The van der Waals surface area contributed by atoms with Crippen LogP contribution < -0.4 is 10.1 Å². The highest BCUT2D eigenvalue weighted by molar-refractivity contribution is 5.42. The van der Waals surface area contributed by atoms with Gasteiger partial charge in [0.05, 0.1) is 11.5 Å². The Balaban J connectivity index is 2.55. The van der Waals surface area contributed by atoms with Gasteiger partial charge in [-0.1, -0.05) is 13.8 Å². The Bertz CT molecular complexity index is 407. The first-order chi connectivity index (χ1) is 8.54. The highest BCUT2D eigenvalue weighted by Crippen LogP contribution is 2.23. The van der Waals surface area contributed by atoms with Gasteiger partial charge in [0.25, 0.3) is 5.69 Å². The minimum absolute atomic E-state index is 0.0977. The molecule has 1 rings (SSSR count). The van der Waals surface area contributed by atoms with Gasteiger partial charge in [-0.2, -0.15) is 0 Å². The number of hydrogen-bond acceptors (Lipinski definition) is 4. The Hall–Kier alpha value is -1.62. The predicted molar refractivity (Wildman–Crippen MR) is 71.0 cm³/mol. The fourth-order valence-electron chi connectivity index (χ4n) is 1.59. The average Bonchev–Trinajstić information content (AvgIpc) is 2.34. The molecule has 5 heteroatoms. The van der Waals surface area contributed by atoms with E-state index in [1.165, 1.54) is 12.1 Å². The van der Waals surface area contributed by atoms with Crippen molar-refractivity contribution in [2.45, 2.75) is 20.8 Å². The van der Waals surface area contributed by atoms with Crippen LogP contribution in [0.4, 0.5) is 5.69 Å². The van der Waals surface area contributed by atoms with E-state index in [1.807, 2.05) is 6.92 Å². The second kappa shape index (κ2) is 6.96. The molecule has 0 aliphatic carbocycles. The molecule has 1 aromatic rings. The molecule has 0 heterocycles. The summed E-state index contributed by atoms with van der Waals surface area (Å²) in [5.74, 6) is 1.11. The number of nitrogens with zero attached hydrogens (tertiary/aromatic N) is 1. The van der Waals surface area contributed by atoms with Crippen molar-refractivity contribution in [2.24, 2.45) is 5.92 Å². The molecule has 1 N–H and O–H groups in total. The van der Waals surface area contributed by atoms with E-state index >= 15 is 0 Å². The second-order valence-corrected chi connectivity index (χ2v) is 4.43. The van der Waals surface area contributed by atoms with Crippen LogP contribution in [0.2, 0.25) is 0 Å². The molecule has 0 bridgehead atoms. The maximum absolute atomic E-state index is 10.6. The molecule has 0 aliphatic rings. The van der Waals surface area contributed by atoms with Gasteiger partial charge in [-0.3, -0.25) is 10.1 Å². The number of nitro benzene ring substituents is 1. The summed E-state index contributed by atoms with van der Waals surface area (Å²) >= 11 is 0. The molecule has 100 valence electrons. The lowest BCUT2D eigenvalue weighted by atomic mass is 10.2. The minimum atomic E-state index is -0.398. The summed E-state index contributed by atoms with van der Waals surface area (Å²) in [7, 11) is 0. The lowest BCUT2D eigenvalue weighted by Gasteiger charge is -2.14. The first-order valence-corrected chi connectivity index (χ1v) is 6.13. The van der Waals surface area contributed by atoms with Gasteiger partial charge < -0.3 is 10.1 Å². The van der Waals surface area contributed by atoms with Crippen molar-refractivity contribution in [2.75, 3.05) is 19.7 Å². The molecule has 0 saturated carbocycles. The molecule has 0 radical (unpaired) electrons. The van der Waals surface area contributed by atoms with Crippen molar-refractivity contribution in [3.05, 3.63) is 33.9 Å². The fourth-order valence-corrected chi connectivity index (χ4v) is 1.59. The Morgan fingerprint density at radius 3 is 2.78 bits per heavy atom. The minimum Gasteiger partial charge on any atom is -0.493 e. The molecule has 5 nitrogen and oxygen atoms in total. The molecule has 0 aliphatic heterocycles. The molecule has 1 aromatic carbocycles. The van der Waals surface area contributed by atoms with Gasteiger partial charge in [-0.25, -0.2) is 0 Å². The Labute approximate surface area is 107 Å². The number of hydrogen-bond donors (Lipinski definition) is 1. The number of nitrogens with one attached hydrogen (secondary N) is 1. The van der Waals surface area contributed by atoms with E-state index in [1.54, 1.807) is 6.07 Å². The monoisotopic (exact) mass is 252 g/mol. The number of aryl methyl sites for hydroxylation is 1. The van der Waals surface area contributed by atoms with Gasteiger partial charge in [-0.15, -0.1) is 0 Å². The maximum atomic E-state index is 10.6. The third-order valence-corrected chi connectivity index (χ3v) is 2.64. The summed E-state index contributed by atoms with van der Waals surface area (Å²) in [4.78, 5) is 10.2. The topological polar surface area (TPSA) is 64.4 Å². The normalized spacial score (nSPS) is 12.2. The van der Waals surface area contributed by atoms with Crippen LogP contribution in [0.15, 0.2) is 18.2 Å². The van der Waals surface area contributed by atoms with Crippen LogP contribution in [0.25, 0.3) is 0 Å². The number of non-ortho nitro benzene ring substituents is 1. The molecule has 0 saturated heterocycles. The van der Waals surface area contributed by atoms with Crippen molar-refractivity contribution in [3.8, 4) is 5.75 Å². The van der Waals surface area contributed by atoms with Crippen LogP contribution in [0, 0.1) is 23.0 Å². The van der Waals surface area contributed by atoms with Crippen molar-refractivity contribution in [1.29, 1.82) is 0 Å². The highest BCUT2D eigenvalue weighted by Gasteiger charge is 2.09. The maximum Gasteiger partial charge on any atom is 0.269 e. The molecule has 1 atom stereocenters. The molecule has 0 amide bonds. The van der Waals surface area contributed by atoms with Gasteiger partial charge in [0.2, 0.25) is 0 Å². The Morgan fingerprint density at radius 2 is 2.22 bits per heavy atom. The molecule has 0 aromatic heterocycles. The van der Waals surface area contributed by atoms with Crippen molar-refractivity contribution >= 4 is 5.69 Å². The van der Waals surface area contributed by atoms with Gasteiger partial charge in [0.15, 0.2) is 0 Å². The summed E-state index contributed by atoms with van der Waals surface area (Å²) < 4.78 is 5.67. The van der Waals surface area contributed by atoms with Crippen molar-refractivity contribution in [1.82, 2.24) is 5.32 Å². The second-order valence-electron chi connectivity index (χ2n) is 4.43. The van der Waals surface area contributed by atoms with Crippen molar-refractivity contribution < 1.29 is 9.66 Å². The summed E-state index contributed by atoms with van der Waals surface area (Å²) in [5, 5.41) is 13.9. The lowest BCUT2D eigenvalue weighted by Crippen LogP contribution is -2.24. The average molecular weight is 252 g/mol. The summed E-state index contributed by atoms with van der Waals surface area (Å²) in [6, 6.07) is 4.66. The van der Waals surface area contributed by atoms with E-state index in [0.717, 1.165) is 18.7 Å². The summed E-state index contributed by atoms with van der Waals surface area (Å²) in [6.07, 6.45) is 0. The van der Waals surface area contributed by atoms with Gasteiger partial charge in [0.1, 0.15) is 5.75 Å². The Kier molecular flexibility index (Phi) is 5.58. The van der Waals surface area contributed by atoms with E-state index in [2.05, 4.69) is 19.2 Å². The van der Waals surface area contributed by atoms with E-state index in [4.69, 9.17) is 4.74 Å². The van der Waals surface area contributed by atoms with Crippen LogP contribution in [0.1, 0.15) is 19.4 Å². The zero-order valence-electron chi connectivity index (χ0n) is 11.1. The smallest absolute Gasteiger partial charge is 0.269 e. The quantitative estimate of drug-likeness (QED) is 0.598. The first-order valence-electron chi connectivity index (χ1n) is 6.13. The van der Waals surface area contributed by atoms with Gasteiger partial charge >= 0.3 is 0 Å². The van der Waals surface area contributed by atoms with Crippen LogP contribution in [-0.4, -0.2) is 24.6 Å². The summed E-state index contributed by atoms with van der Waals surface area (Å²) in [6.45, 7) is 8.43. The molecular formula is C13H20N2O3. The SMILES string of the molecule is CCNCC(C)COc1ccc([N+](=O)[O-])cc1C. The van der Waals surface area contributed by atoms with Crippen molar-refractivity contribution in [3.63, 3.8) is 0 Å². The van der Waals surface area contributed by atoms with E-state index in [0.29, 0.717) is 18.3 Å². The zero-order chi connectivity index (χ0) is 13.5. The summed E-state index contributed by atoms with van der Waals surface area (Å²) in [5.41, 5.74) is 0.889. The molecule has 18 heavy (non-hydrogen) atoms. The molecule has 0 spiro atoms. The third-order valence-electron chi connectivity index (χ3n) is 2.64. The van der Waals surface area contributed by atoms with Gasteiger partial charge in [0, 0.05) is 24.6 Å². The molecular weight excluding hydrogens is 232 g/mol. The van der Waals surface area contributed by atoms with Crippen LogP contribution in [0.5, 0.6) is 5.75 Å². The predicted octanol–water partition coefficient (Wildman–Crippen LogP) is 2.53. The van der Waals surface area contributed by atoms with Crippen LogP contribution in [-0.2, 0) is 0 Å². The van der Waals surface area contributed by atoms with Crippen LogP contribution >= 0.6 is 0 Å². The van der Waals surface area contributed by atoms with Crippen LogP contribution in [0.3, 0.4) is 0 Å². The van der Waals surface area contributed by atoms with E-state index < -0.39 is 4.92 Å².